The maximum Gasteiger partial charge on any atom is 0.408 e. The molecule has 0 spiro atoms. The van der Waals surface area contributed by atoms with Crippen LogP contribution in [0.2, 0.25) is 0 Å². The molecule has 0 aliphatic carbocycles. The third-order valence-electron chi connectivity index (χ3n) is 1.63. The minimum absolute atomic E-state index is 0.565. The Labute approximate surface area is 112 Å². The van der Waals surface area contributed by atoms with E-state index in [1.165, 1.54) is 0 Å². The molecule has 0 heterocycles. The topological polar surface area (TPSA) is 108 Å². The Morgan fingerprint density at radius 1 is 1.26 bits per heavy atom. The number of hydrogen-bond acceptors (Lipinski definition) is 7. The molecule has 0 aromatic heterocycles. The number of alkyl carbamates (subject to hydrolysis) is 1. The van der Waals surface area contributed by atoms with Crippen LogP contribution >= 0.6 is 0 Å². The number of nitrogens with one attached hydrogen (secondary N) is 1. The van der Waals surface area contributed by atoms with E-state index in [-0.39, 0.29) is 0 Å². The molecule has 0 rings (SSSR count). The Morgan fingerprint density at radius 3 is 2.16 bits per heavy atom. The SMILES string of the molecule is COC(=O)[C@H](COS(C)(=O)=O)NC(=O)OC(C)(C)C. The fourth-order valence-corrected chi connectivity index (χ4v) is 1.34. The summed E-state index contributed by atoms with van der Waals surface area (Å²) in [6.07, 6.45) is -0.0468. The van der Waals surface area contributed by atoms with Gasteiger partial charge in [-0.05, 0) is 20.8 Å². The smallest absolute Gasteiger partial charge is 0.408 e. The molecule has 0 radical (unpaired) electrons. The van der Waals surface area contributed by atoms with Gasteiger partial charge in [-0.2, -0.15) is 8.42 Å². The van der Waals surface area contributed by atoms with E-state index in [1.807, 2.05) is 0 Å². The molecule has 0 saturated heterocycles. The highest BCUT2D eigenvalue weighted by molar-refractivity contribution is 7.85. The monoisotopic (exact) mass is 297 g/mol. The quantitative estimate of drug-likeness (QED) is 0.563. The van der Waals surface area contributed by atoms with E-state index >= 15 is 0 Å². The van der Waals surface area contributed by atoms with Gasteiger partial charge in [0.25, 0.3) is 10.1 Å². The first-order valence-electron chi connectivity index (χ1n) is 5.36. The summed E-state index contributed by atoms with van der Waals surface area (Å²) in [6, 6.07) is -1.27. The summed E-state index contributed by atoms with van der Waals surface area (Å²) in [6.45, 7) is 4.37. The molecule has 0 bridgehead atoms. The first-order valence-corrected chi connectivity index (χ1v) is 7.18. The lowest BCUT2D eigenvalue weighted by Gasteiger charge is -2.22. The van der Waals surface area contributed by atoms with Crippen LogP contribution in [0.25, 0.3) is 0 Å². The predicted molar refractivity (Wildman–Crippen MR) is 66.0 cm³/mol. The highest BCUT2D eigenvalue weighted by Gasteiger charge is 2.26. The van der Waals surface area contributed by atoms with Crippen molar-refractivity contribution in [3.63, 3.8) is 0 Å². The van der Waals surface area contributed by atoms with Crippen LogP contribution in [-0.4, -0.2) is 52.1 Å². The van der Waals surface area contributed by atoms with Gasteiger partial charge in [0.15, 0.2) is 6.04 Å². The maximum atomic E-state index is 11.5. The van der Waals surface area contributed by atoms with Gasteiger partial charge in [0.2, 0.25) is 0 Å². The van der Waals surface area contributed by atoms with Gasteiger partial charge >= 0.3 is 12.1 Å². The van der Waals surface area contributed by atoms with Crippen LogP contribution in [0.5, 0.6) is 0 Å². The van der Waals surface area contributed by atoms with Gasteiger partial charge in [-0.15, -0.1) is 0 Å². The number of carbonyl (C=O) groups is 2. The van der Waals surface area contributed by atoms with Gasteiger partial charge in [-0.3, -0.25) is 4.18 Å². The lowest BCUT2D eigenvalue weighted by atomic mass is 10.2. The van der Waals surface area contributed by atoms with E-state index in [0.29, 0.717) is 0 Å². The third-order valence-corrected chi connectivity index (χ3v) is 2.19. The minimum Gasteiger partial charge on any atom is -0.467 e. The molecular weight excluding hydrogens is 278 g/mol. The fraction of sp³-hybridized carbons (Fsp3) is 0.800. The van der Waals surface area contributed by atoms with Crippen molar-refractivity contribution in [2.75, 3.05) is 20.0 Å². The highest BCUT2D eigenvalue weighted by Crippen LogP contribution is 2.07. The minimum atomic E-state index is -3.73. The number of hydrogen-bond donors (Lipinski definition) is 1. The summed E-state index contributed by atoms with van der Waals surface area (Å²) in [5.74, 6) is -0.838. The van der Waals surface area contributed by atoms with Crippen LogP contribution in [0.1, 0.15) is 20.8 Å². The molecule has 112 valence electrons. The van der Waals surface area contributed by atoms with Crippen molar-refractivity contribution in [2.24, 2.45) is 0 Å². The number of ether oxygens (including phenoxy) is 2. The van der Waals surface area contributed by atoms with Crippen LogP contribution in [0.15, 0.2) is 0 Å². The van der Waals surface area contributed by atoms with Crippen molar-refractivity contribution in [3.8, 4) is 0 Å². The highest BCUT2D eigenvalue weighted by atomic mass is 32.2. The summed E-state index contributed by atoms with van der Waals surface area (Å²) in [7, 11) is -2.63. The largest absolute Gasteiger partial charge is 0.467 e. The first kappa shape index (κ1) is 17.6. The van der Waals surface area contributed by atoms with E-state index in [4.69, 9.17) is 4.74 Å². The Morgan fingerprint density at radius 2 is 1.79 bits per heavy atom. The van der Waals surface area contributed by atoms with Crippen molar-refractivity contribution in [2.45, 2.75) is 32.4 Å². The third kappa shape index (κ3) is 9.25. The predicted octanol–water partition coefficient (Wildman–Crippen LogP) is 0.0289. The van der Waals surface area contributed by atoms with Crippen molar-refractivity contribution < 1.29 is 31.7 Å². The maximum absolute atomic E-state index is 11.5. The molecule has 0 saturated carbocycles. The van der Waals surface area contributed by atoms with Crippen LogP contribution in [0.3, 0.4) is 0 Å². The second-order valence-corrected chi connectivity index (χ2v) is 6.35. The Balaban J connectivity index is 4.61. The molecule has 0 aliphatic rings. The van der Waals surface area contributed by atoms with Gasteiger partial charge in [0, 0.05) is 0 Å². The lowest BCUT2D eigenvalue weighted by molar-refractivity contribution is -0.143. The van der Waals surface area contributed by atoms with Gasteiger partial charge in [0.1, 0.15) is 5.60 Å². The number of esters is 1. The molecule has 19 heavy (non-hydrogen) atoms. The van der Waals surface area contributed by atoms with Gasteiger partial charge < -0.3 is 14.8 Å². The zero-order valence-corrected chi connectivity index (χ0v) is 12.4. The van der Waals surface area contributed by atoms with Gasteiger partial charge in [-0.1, -0.05) is 0 Å². The van der Waals surface area contributed by atoms with Crippen LogP contribution < -0.4 is 5.32 Å². The number of methoxy groups -OCH3 is 1. The zero-order valence-electron chi connectivity index (χ0n) is 11.6. The molecule has 0 aliphatic heterocycles. The Hall–Kier alpha value is -1.35. The lowest BCUT2D eigenvalue weighted by Crippen LogP contribution is -2.46. The standard InChI is InChI=1S/C10H19NO7S/c1-10(2,3)18-9(13)11-7(8(12)16-4)6-17-19(5,14)15/h7H,6H2,1-5H3,(H,11,13)/t7-/m0/s1. The molecule has 0 fully saturated rings. The average molecular weight is 297 g/mol. The van der Waals surface area contributed by atoms with Crippen LogP contribution in [-0.2, 0) is 28.6 Å². The summed E-state index contributed by atoms with van der Waals surface area (Å²) in [5, 5.41) is 2.17. The summed E-state index contributed by atoms with van der Waals surface area (Å²) >= 11 is 0. The fourth-order valence-electron chi connectivity index (χ4n) is 0.952. The molecule has 1 N–H and O–H groups in total. The summed E-state index contributed by atoms with van der Waals surface area (Å²) in [4.78, 5) is 22.8. The molecular formula is C10H19NO7S. The second-order valence-electron chi connectivity index (χ2n) is 4.71. The van der Waals surface area contributed by atoms with E-state index in [9.17, 15) is 18.0 Å². The van der Waals surface area contributed by atoms with Crippen molar-refractivity contribution in [1.82, 2.24) is 5.32 Å². The summed E-state index contributed by atoms with van der Waals surface area (Å²) < 4.78 is 35.5. The molecule has 1 amide bonds. The Kier molecular flexibility index (Phi) is 6.23. The van der Waals surface area contributed by atoms with Crippen molar-refractivity contribution in [1.29, 1.82) is 0 Å². The van der Waals surface area contributed by atoms with E-state index in [0.717, 1.165) is 13.4 Å². The first-order chi connectivity index (χ1) is 8.44. The Bertz CT molecular complexity index is 424. The molecule has 0 unspecified atom stereocenters. The second kappa shape index (κ2) is 6.71. The zero-order chi connectivity index (χ0) is 15.3. The van der Waals surface area contributed by atoms with E-state index < -0.39 is 40.4 Å². The molecule has 0 aromatic rings. The summed E-state index contributed by atoms with van der Waals surface area (Å²) in [5.41, 5.74) is -0.748. The van der Waals surface area contributed by atoms with Gasteiger partial charge in [-0.25, -0.2) is 9.59 Å². The number of rotatable bonds is 5. The van der Waals surface area contributed by atoms with Crippen LogP contribution in [0.4, 0.5) is 4.79 Å². The van der Waals surface area contributed by atoms with Crippen molar-refractivity contribution in [3.05, 3.63) is 0 Å². The van der Waals surface area contributed by atoms with E-state index in [1.54, 1.807) is 20.8 Å². The number of carbonyl (C=O) groups excluding carboxylic acids is 2. The normalized spacial score (nSPS) is 13.5. The molecule has 0 aromatic carbocycles. The van der Waals surface area contributed by atoms with E-state index in [2.05, 4.69) is 14.2 Å². The molecule has 9 heteroatoms. The number of amides is 1. The van der Waals surface area contributed by atoms with Crippen molar-refractivity contribution >= 4 is 22.2 Å². The van der Waals surface area contributed by atoms with Gasteiger partial charge in [0.05, 0.1) is 20.0 Å². The molecule has 8 nitrogen and oxygen atoms in total. The van der Waals surface area contributed by atoms with Crippen LogP contribution in [0, 0.1) is 0 Å². The average Bonchev–Trinajstić information content (AvgIpc) is 2.19. The molecule has 1 atom stereocenters.